The molecule has 164 valence electrons. The molecule has 1 amide bonds. The van der Waals surface area contributed by atoms with Gasteiger partial charge in [0, 0.05) is 30.0 Å². The first kappa shape index (κ1) is 20.5. The van der Waals surface area contributed by atoms with Crippen molar-refractivity contribution in [3.05, 3.63) is 46.3 Å². The summed E-state index contributed by atoms with van der Waals surface area (Å²) in [5.41, 5.74) is 6.34. The van der Waals surface area contributed by atoms with Gasteiger partial charge in [0.1, 0.15) is 0 Å². The Hall–Kier alpha value is -3.40. The van der Waals surface area contributed by atoms with E-state index in [-0.39, 0.29) is 11.8 Å². The minimum atomic E-state index is -0.0428. The van der Waals surface area contributed by atoms with Crippen molar-refractivity contribution in [3.63, 3.8) is 0 Å². The van der Waals surface area contributed by atoms with Gasteiger partial charge < -0.3 is 10.2 Å². The Kier molecular flexibility index (Phi) is 5.30. The summed E-state index contributed by atoms with van der Waals surface area (Å²) in [4.78, 5) is 19.7. The lowest BCUT2D eigenvalue weighted by Gasteiger charge is -2.31. The second-order valence-electron chi connectivity index (χ2n) is 8.26. The molecule has 0 bridgehead atoms. The molecule has 9 nitrogen and oxygen atoms in total. The molecule has 4 aromatic rings. The number of hydrogen-bond acceptors (Lipinski definition) is 8. The number of fused-ring (bicyclic) bond motifs is 1. The van der Waals surface area contributed by atoms with Crippen molar-refractivity contribution < 1.29 is 4.79 Å². The number of hydrogen-bond donors (Lipinski definition) is 1. The number of carbonyl (C=O) groups excluding carboxylic acids is 1. The van der Waals surface area contributed by atoms with E-state index < -0.39 is 0 Å². The van der Waals surface area contributed by atoms with Crippen LogP contribution in [0.4, 0.5) is 10.9 Å². The van der Waals surface area contributed by atoms with Crippen molar-refractivity contribution in [2.24, 2.45) is 5.92 Å². The number of anilines is 2. The Balaban J connectivity index is 1.21. The lowest BCUT2D eigenvalue weighted by atomic mass is 9.96. The van der Waals surface area contributed by atoms with Gasteiger partial charge in [0.05, 0.1) is 5.69 Å². The van der Waals surface area contributed by atoms with Crippen molar-refractivity contribution in [3.8, 4) is 11.3 Å². The normalized spacial score (nSPS) is 14.8. The van der Waals surface area contributed by atoms with Crippen LogP contribution in [0.1, 0.15) is 29.5 Å². The van der Waals surface area contributed by atoms with Gasteiger partial charge >= 0.3 is 0 Å². The first-order valence-electron chi connectivity index (χ1n) is 10.6. The summed E-state index contributed by atoms with van der Waals surface area (Å²) in [7, 11) is 0. The van der Waals surface area contributed by atoms with E-state index in [2.05, 4.69) is 68.7 Å². The Morgan fingerprint density at radius 3 is 2.69 bits per heavy atom. The quantitative estimate of drug-likeness (QED) is 0.510. The van der Waals surface area contributed by atoms with Crippen molar-refractivity contribution in [2.75, 3.05) is 23.3 Å². The van der Waals surface area contributed by atoms with Gasteiger partial charge in [0.15, 0.2) is 16.6 Å². The van der Waals surface area contributed by atoms with Gasteiger partial charge in [-0.3, -0.25) is 4.79 Å². The summed E-state index contributed by atoms with van der Waals surface area (Å²) in [6, 6.07) is 8.11. The van der Waals surface area contributed by atoms with Crippen LogP contribution in [0.25, 0.3) is 16.9 Å². The molecule has 0 saturated carbocycles. The molecule has 0 aliphatic carbocycles. The van der Waals surface area contributed by atoms with Gasteiger partial charge in [-0.1, -0.05) is 6.07 Å². The van der Waals surface area contributed by atoms with Crippen molar-refractivity contribution in [1.82, 2.24) is 30.2 Å². The van der Waals surface area contributed by atoms with Gasteiger partial charge in [-0.05, 0) is 78.9 Å². The largest absolute Gasteiger partial charge is 0.355 e. The highest BCUT2D eigenvalue weighted by Gasteiger charge is 2.26. The number of piperidine rings is 1. The summed E-state index contributed by atoms with van der Waals surface area (Å²) in [5, 5.41) is 21.5. The van der Waals surface area contributed by atoms with Gasteiger partial charge in [-0.2, -0.15) is 0 Å². The Labute approximate surface area is 189 Å². The van der Waals surface area contributed by atoms with Crippen LogP contribution in [0, 0.1) is 26.7 Å². The third-order valence-corrected chi connectivity index (χ3v) is 6.85. The van der Waals surface area contributed by atoms with Gasteiger partial charge in [-0.25, -0.2) is 4.98 Å². The van der Waals surface area contributed by atoms with Crippen LogP contribution in [0.5, 0.6) is 0 Å². The number of thiazole rings is 1. The van der Waals surface area contributed by atoms with E-state index in [9.17, 15) is 4.79 Å². The fraction of sp³-hybridized carbons (Fsp3) is 0.364. The average Bonchev–Trinajstić information content (AvgIpc) is 3.45. The lowest BCUT2D eigenvalue weighted by molar-refractivity contribution is -0.120. The van der Waals surface area contributed by atoms with E-state index in [4.69, 9.17) is 0 Å². The van der Waals surface area contributed by atoms with Crippen molar-refractivity contribution in [1.29, 1.82) is 0 Å². The molecule has 1 aliphatic heterocycles. The monoisotopic (exact) mass is 448 g/mol. The molecule has 10 heteroatoms. The highest BCUT2D eigenvalue weighted by molar-refractivity contribution is 7.14. The van der Waals surface area contributed by atoms with Gasteiger partial charge in [-0.15, -0.1) is 26.2 Å². The third kappa shape index (κ3) is 3.93. The molecule has 1 N–H and O–H groups in total. The molecule has 1 aliphatic rings. The number of amides is 1. The maximum Gasteiger partial charge on any atom is 0.229 e. The van der Waals surface area contributed by atoms with E-state index in [1.54, 1.807) is 0 Å². The van der Waals surface area contributed by atoms with Crippen molar-refractivity contribution in [2.45, 2.75) is 33.6 Å². The van der Waals surface area contributed by atoms with Gasteiger partial charge in [0.2, 0.25) is 5.91 Å². The highest BCUT2D eigenvalue weighted by Crippen LogP contribution is 2.30. The zero-order chi connectivity index (χ0) is 22.2. The molecule has 0 radical (unpaired) electrons. The Morgan fingerprint density at radius 2 is 1.88 bits per heavy atom. The maximum atomic E-state index is 12.9. The molecule has 4 heterocycles. The molecular formula is C22H24N8OS. The molecule has 0 unspecified atom stereocenters. The lowest BCUT2D eigenvalue weighted by Crippen LogP contribution is -2.38. The molecular weight excluding hydrogens is 424 g/mol. The summed E-state index contributed by atoms with van der Waals surface area (Å²) in [6.45, 7) is 7.83. The first-order valence-corrected chi connectivity index (χ1v) is 11.5. The zero-order valence-corrected chi connectivity index (χ0v) is 19.1. The standard InChI is InChI=1S/C22H24N8OS/c1-13-10-15(3)17(11-14(13)2)18-12-32-22(23-18)24-21(31)16-6-8-29(9-7-16)20-5-4-19-25-27-28-30(19)26-20/h4-5,10-12,16H,6-9H2,1-3H3,(H,23,24,31). The predicted octanol–water partition coefficient (Wildman–Crippen LogP) is 3.42. The van der Waals surface area contributed by atoms with E-state index in [0.717, 1.165) is 43.0 Å². The first-order chi connectivity index (χ1) is 15.5. The van der Waals surface area contributed by atoms with Crippen LogP contribution in [-0.4, -0.2) is 49.2 Å². The van der Waals surface area contributed by atoms with E-state index in [1.165, 1.54) is 32.7 Å². The highest BCUT2D eigenvalue weighted by atomic mass is 32.1. The molecule has 0 atom stereocenters. The van der Waals surface area contributed by atoms with Crippen LogP contribution in [-0.2, 0) is 4.79 Å². The number of benzene rings is 1. The number of carbonyl (C=O) groups is 1. The minimum Gasteiger partial charge on any atom is -0.355 e. The fourth-order valence-corrected chi connectivity index (χ4v) is 4.79. The van der Waals surface area contributed by atoms with E-state index in [0.29, 0.717) is 10.8 Å². The summed E-state index contributed by atoms with van der Waals surface area (Å²) in [5.74, 6) is 0.807. The second kappa shape index (κ2) is 8.27. The number of tetrazole rings is 1. The predicted molar refractivity (Wildman–Crippen MR) is 124 cm³/mol. The zero-order valence-electron chi connectivity index (χ0n) is 18.2. The van der Waals surface area contributed by atoms with E-state index >= 15 is 0 Å². The molecule has 1 aromatic carbocycles. The molecule has 32 heavy (non-hydrogen) atoms. The topological polar surface area (TPSA) is 101 Å². The van der Waals surface area contributed by atoms with Crippen LogP contribution in [0.3, 0.4) is 0 Å². The van der Waals surface area contributed by atoms with Crippen LogP contribution in [0.2, 0.25) is 0 Å². The molecule has 1 fully saturated rings. The van der Waals surface area contributed by atoms with Crippen LogP contribution < -0.4 is 10.2 Å². The number of aromatic nitrogens is 6. The molecule has 5 rings (SSSR count). The van der Waals surface area contributed by atoms with Gasteiger partial charge in [0.25, 0.3) is 0 Å². The number of aryl methyl sites for hydroxylation is 3. The fourth-order valence-electron chi connectivity index (χ4n) is 4.08. The number of nitrogens with one attached hydrogen (secondary N) is 1. The number of rotatable bonds is 4. The average molecular weight is 449 g/mol. The summed E-state index contributed by atoms with van der Waals surface area (Å²) in [6.07, 6.45) is 1.52. The smallest absolute Gasteiger partial charge is 0.229 e. The summed E-state index contributed by atoms with van der Waals surface area (Å²) < 4.78 is 1.42. The number of nitrogens with zero attached hydrogens (tertiary/aromatic N) is 7. The molecule has 1 saturated heterocycles. The maximum absolute atomic E-state index is 12.9. The summed E-state index contributed by atoms with van der Waals surface area (Å²) >= 11 is 1.47. The Bertz CT molecular complexity index is 1290. The Morgan fingerprint density at radius 1 is 1.09 bits per heavy atom. The molecule has 0 spiro atoms. The van der Waals surface area contributed by atoms with Crippen molar-refractivity contribution >= 4 is 33.8 Å². The SMILES string of the molecule is Cc1cc(C)c(-c2csc(NC(=O)C3CCN(c4ccc5nnnn5n4)CC3)n2)cc1C. The molecule has 3 aromatic heterocycles. The minimum absolute atomic E-state index is 0.0336. The second-order valence-corrected chi connectivity index (χ2v) is 9.12. The van der Waals surface area contributed by atoms with Crippen LogP contribution >= 0.6 is 11.3 Å². The van der Waals surface area contributed by atoms with Crippen LogP contribution in [0.15, 0.2) is 29.6 Å². The van der Waals surface area contributed by atoms with E-state index in [1.807, 2.05) is 17.5 Å². The third-order valence-electron chi connectivity index (χ3n) is 6.10.